The van der Waals surface area contributed by atoms with E-state index in [1.54, 1.807) is 0 Å². The van der Waals surface area contributed by atoms with E-state index in [4.69, 9.17) is 4.74 Å². The average Bonchev–Trinajstić information content (AvgIpc) is 2.41. The third-order valence-electron chi connectivity index (χ3n) is 2.91. The first kappa shape index (κ1) is 12.9. The fourth-order valence-electron chi connectivity index (χ4n) is 2.01. The van der Waals surface area contributed by atoms with Crippen LogP contribution < -0.4 is 15.5 Å². The van der Waals surface area contributed by atoms with Gasteiger partial charge in [-0.15, -0.1) is 0 Å². The molecule has 1 aromatic rings. The fourth-order valence-corrected chi connectivity index (χ4v) is 2.01. The Labute approximate surface area is 107 Å². The van der Waals surface area contributed by atoms with E-state index in [0.29, 0.717) is 0 Å². The molecule has 1 fully saturated rings. The van der Waals surface area contributed by atoms with E-state index in [-0.39, 0.29) is 12.5 Å². The highest BCUT2D eigenvalue weighted by molar-refractivity contribution is 5.91. The molecule has 1 aliphatic heterocycles. The van der Waals surface area contributed by atoms with Crippen LogP contribution in [0.25, 0.3) is 0 Å². The Morgan fingerprint density at radius 1 is 1.33 bits per heavy atom. The maximum absolute atomic E-state index is 11.3. The highest BCUT2D eigenvalue weighted by atomic mass is 16.5. The van der Waals surface area contributed by atoms with Crippen molar-refractivity contribution in [2.45, 2.75) is 0 Å². The van der Waals surface area contributed by atoms with Crippen molar-refractivity contribution in [3.05, 3.63) is 24.3 Å². The molecule has 18 heavy (non-hydrogen) atoms. The van der Waals surface area contributed by atoms with Gasteiger partial charge in [0.15, 0.2) is 0 Å². The number of hydrogen-bond acceptors (Lipinski definition) is 4. The lowest BCUT2D eigenvalue weighted by Gasteiger charge is -2.29. The van der Waals surface area contributed by atoms with Gasteiger partial charge >= 0.3 is 0 Å². The molecule has 1 amide bonds. The number of rotatable bonds is 4. The van der Waals surface area contributed by atoms with Crippen molar-refractivity contribution in [3.8, 4) is 0 Å². The van der Waals surface area contributed by atoms with Gasteiger partial charge < -0.3 is 20.3 Å². The molecule has 2 rings (SSSR count). The molecule has 0 bridgehead atoms. The highest BCUT2D eigenvalue weighted by Gasteiger charge is 2.10. The summed E-state index contributed by atoms with van der Waals surface area (Å²) in [6.45, 7) is 4.17. The van der Waals surface area contributed by atoms with E-state index >= 15 is 0 Å². The van der Waals surface area contributed by atoms with Crippen molar-refractivity contribution in [2.24, 2.45) is 0 Å². The molecule has 5 nitrogen and oxygen atoms in total. The van der Waals surface area contributed by atoms with Gasteiger partial charge in [0.05, 0.1) is 0 Å². The van der Waals surface area contributed by atoms with E-state index < -0.39 is 0 Å². The second-order valence-electron chi connectivity index (χ2n) is 4.27. The number of nitrogens with one attached hydrogen (secondary N) is 2. The molecule has 0 unspecified atom stereocenters. The zero-order valence-electron chi connectivity index (χ0n) is 10.6. The summed E-state index contributed by atoms with van der Waals surface area (Å²) in [4.78, 5) is 13.7. The first-order chi connectivity index (χ1) is 8.79. The van der Waals surface area contributed by atoms with Crippen LogP contribution in [0.3, 0.4) is 0 Å². The minimum Gasteiger partial charge on any atom is -0.375 e. The molecule has 0 spiro atoms. The van der Waals surface area contributed by atoms with Gasteiger partial charge in [-0.3, -0.25) is 4.79 Å². The smallest absolute Gasteiger partial charge is 0.250 e. The molecule has 2 N–H and O–H groups in total. The first-order valence-electron chi connectivity index (χ1n) is 6.14. The number of carbonyl (C=O) groups is 1. The van der Waals surface area contributed by atoms with Crippen molar-refractivity contribution < 1.29 is 9.53 Å². The molecule has 98 valence electrons. The Kier molecular flexibility index (Phi) is 4.55. The van der Waals surface area contributed by atoms with Crippen LogP contribution in [-0.2, 0) is 9.53 Å². The van der Waals surface area contributed by atoms with Crippen LogP contribution in [0.4, 0.5) is 11.4 Å². The van der Waals surface area contributed by atoms with Gasteiger partial charge in [-0.2, -0.15) is 0 Å². The Bertz CT molecular complexity index is 386. The standard InChI is InChI=1S/C13H19N3O2/c1-18-10-13(17)15-11-2-4-12(5-3-11)16-8-6-14-7-9-16/h2-5,14H,6-10H2,1H3,(H,15,17). The predicted octanol–water partition coefficient (Wildman–Crippen LogP) is 0.681. The molecular weight excluding hydrogens is 230 g/mol. The molecule has 0 radical (unpaired) electrons. The molecular formula is C13H19N3O2. The number of anilines is 2. The molecule has 1 aromatic carbocycles. The molecule has 0 saturated carbocycles. The van der Waals surface area contributed by atoms with Crippen LogP contribution in [-0.4, -0.2) is 45.8 Å². The summed E-state index contributed by atoms with van der Waals surface area (Å²) in [6.07, 6.45) is 0. The number of benzene rings is 1. The third-order valence-corrected chi connectivity index (χ3v) is 2.91. The molecule has 5 heteroatoms. The molecule has 0 aliphatic carbocycles. The first-order valence-corrected chi connectivity index (χ1v) is 6.14. The van der Waals surface area contributed by atoms with Crippen LogP contribution >= 0.6 is 0 Å². The molecule has 0 aromatic heterocycles. The van der Waals surface area contributed by atoms with Crippen molar-refractivity contribution in [1.29, 1.82) is 0 Å². The van der Waals surface area contributed by atoms with E-state index in [2.05, 4.69) is 15.5 Å². The Balaban J connectivity index is 1.94. The summed E-state index contributed by atoms with van der Waals surface area (Å²) in [6, 6.07) is 7.91. The van der Waals surface area contributed by atoms with Crippen molar-refractivity contribution in [2.75, 3.05) is 50.1 Å². The van der Waals surface area contributed by atoms with Gasteiger partial charge in [-0.25, -0.2) is 0 Å². The summed E-state index contributed by atoms with van der Waals surface area (Å²) in [5.74, 6) is -0.132. The minimum atomic E-state index is -0.132. The third kappa shape index (κ3) is 3.45. The number of piperazine rings is 1. The monoisotopic (exact) mass is 249 g/mol. The topological polar surface area (TPSA) is 53.6 Å². The van der Waals surface area contributed by atoms with Crippen LogP contribution in [0.1, 0.15) is 0 Å². The normalized spacial score (nSPS) is 15.5. The van der Waals surface area contributed by atoms with Crippen LogP contribution in [0, 0.1) is 0 Å². The van der Waals surface area contributed by atoms with Crippen LogP contribution in [0.2, 0.25) is 0 Å². The second kappa shape index (κ2) is 6.37. The molecule has 1 aliphatic rings. The second-order valence-corrected chi connectivity index (χ2v) is 4.27. The molecule has 1 saturated heterocycles. The average molecular weight is 249 g/mol. The molecule has 0 atom stereocenters. The van der Waals surface area contributed by atoms with E-state index in [9.17, 15) is 4.79 Å². The number of hydrogen-bond donors (Lipinski definition) is 2. The lowest BCUT2D eigenvalue weighted by atomic mass is 10.2. The van der Waals surface area contributed by atoms with Crippen molar-refractivity contribution in [3.63, 3.8) is 0 Å². The van der Waals surface area contributed by atoms with Gasteiger partial charge in [0.25, 0.3) is 0 Å². The zero-order valence-corrected chi connectivity index (χ0v) is 10.6. The molecule has 1 heterocycles. The Morgan fingerprint density at radius 2 is 2.00 bits per heavy atom. The van der Waals surface area contributed by atoms with Gasteiger partial charge in [0.1, 0.15) is 6.61 Å². The highest BCUT2D eigenvalue weighted by Crippen LogP contribution is 2.18. The fraction of sp³-hybridized carbons (Fsp3) is 0.462. The van der Waals surface area contributed by atoms with E-state index in [1.165, 1.54) is 12.8 Å². The van der Waals surface area contributed by atoms with Gasteiger partial charge in [-0.05, 0) is 24.3 Å². The maximum atomic E-state index is 11.3. The summed E-state index contributed by atoms with van der Waals surface area (Å²) in [5.41, 5.74) is 2.00. The van der Waals surface area contributed by atoms with Gasteiger partial charge in [0, 0.05) is 44.7 Å². The van der Waals surface area contributed by atoms with Crippen molar-refractivity contribution in [1.82, 2.24) is 5.32 Å². The summed E-state index contributed by atoms with van der Waals surface area (Å²) < 4.78 is 4.77. The largest absolute Gasteiger partial charge is 0.375 e. The van der Waals surface area contributed by atoms with E-state index in [1.807, 2.05) is 24.3 Å². The SMILES string of the molecule is COCC(=O)Nc1ccc(N2CCNCC2)cc1. The quantitative estimate of drug-likeness (QED) is 0.824. The number of amides is 1. The lowest BCUT2D eigenvalue weighted by molar-refractivity contribution is -0.119. The van der Waals surface area contributed by atoms with Crippen molar-refractivity contribution >= 4 is 17.3 Å². The number of methoxy groups -OCH3 is 1. The van der Waals surface area contributed by atoms with E-state index in [0.717, 1.165) is 31.9 Å². The summed E-state index contributed by atoms with van der Waals surface area (Å²) in [7, 11) is 1.51. The maximum Gasteiger partial charge on any atom is 0.250 e. The van der Waals surface area contributed by atoms with Crippen LogP contribution in [0.5, 0.6) is 0 Å². The summed E-state index contributed by atoms with van der Waals surface area (Å²) >= 11 is 0. The van der Waals surface area contributed by atoms with Gasteiger partial charge in [0.2, 0.25) is 5.91 Å². The summed E-state index contributed by atoms with van der Waals surface area (Å²) in [5, 5.41) is 6.10. The van der Waals surface area contributed by atoms with Gasteiger partial charge in [-0.1, -0.05) is 0 Å². The predicted molar refractivity (Wildman–Crippen MR) is 72.0 cm³/mol. The lowest BCUT2D eigenvalue weighted by Crippen LogP contribution is -2.43. The minimum absolute atomic E-state index is 0.0829. The van der Waals surface area contributed by atoms with Crippen LogP contribution in [0.15, 0.2) is 24.3 Å². The number of ether oxygens (including phenoxy) is 1. The number of nitrogens with zero attached hydrogens (tertiary/aromatic N) is 1. The zero-order chi connectivity index (χ0) is 12.8. The Hall–Kier alpha value is -1.59. The Morgan fingerprint density at radius 3 is 2.61 bits per heavy atom. The number of carbonyl (C=O) groups excluding carboxylic acids is 1.